The summed E-state index contributed by atoms with van der Waals surface area (Å²) >= 11 is 6.03. The Morgan fingerprint density at radius 3 is 2.57 bits per heavy atom. The van der Waals surface area contributed by atoms with Crippen LogP contribution in [-0.4, -0.2) is 4.98 Å². The van der Waals surface area contributed by atoms with E-state index in [-0.39, 0.29) is 5.56 Å². The Morgan fingerprint density at radius 2 is 2.00 bits per heavy atom. The smallest absolute Gasteiger partial charge is 0.271 e. The second-order valence-corrected chi connectivity index (χ2v) is 4.98. The molecule has 1 aromatic heterocycles. The van der Waals surface area contributed by atoms with Crippen LogP contribution in [0.25, 0.3) is 0 Å². The first-order chi connectivity index (χ1) is 9.84. The third kappa shape index (κ3) is 3.34. The average Bonchev–Trinajstić information content (AvgIpc) is 2.43. The van der Waals surface area contributed by atoms with Crippen molar-refractivity contribution in [3.8, 4) is 0 Å². The number of alkyl halides is 3. The third-order valence-electron chi connectivity index (χ3n) is 3.16. The molecule has 1 heterocycles. The Bertz CT molecular complexity index is 644. The summed E-state index contributed by atoms with van der Waals surface area (Å²) < 4.78 is 39.2. The summed E-state index contributed by atoms with van der Waals surface area (Å²) in [5.74, 6) is 5.45. The van der Waals surface area contributed by atoms with Gasteiger partial charge in [-0.1, -0.05) is 23.7 Å². The number of hydrogen-bond donors (Lipinski definition) is 2. The normalized spacial score (nSPS) is 13.2. The van der Waals surface area contributed by atoms with E-state index in [0.29, 0.717) is 10.6 Å². The highest BCUT2D eigenvalue weighted by molar-refractivity contribution is 6.31. The molecule has 0 radical (unpaired) electrons. The quantitative estimate of drug-likeness (QED) is 0.672. The van der Waals surface area contributed by atoms with Crippen molar-refractivity contribution >= 4 is 11.6 Å². The first-order valence-electron chi connectivity index (χ1n) is 6.08. The second-order valence-electron chi connectivity index (χ2n) is 4.57. The molecule has 0 aliphatic heterocycles. The van der Waals surface area contributed by atoms with Crippen molar-refractivity contribution in [2.24, 2.45) is 5.84 Å². The molecule has 1 unspecified atom stereocenters. The molecule has 2 rings (SSSR count). The Hall–Kier alpha value is -1.63. The molecule has 0 bridgehead atoms. The van der Waals surface area contributed by atoms with Crippen molar-refractivity contribution in [3.63, 3.8) is 0 Å². The molecule has 0 aliphatic rings. The molecular weight excluding hydrogens is 303 g/mol. The van der Waals surface area contributed by atoms with Crippen LogP contribution in [0.4, 0.5) is 13.2 Å². The zero-order valence-electron chi connectivity index (χ0n) is 11.1. The number of nitrogens with one attached hydrogen (secondary N) is 1. The van der Waals surface area contributed by atoms with Gasteiger partial charge in [0.2, 0.25) is 0 Å². The SMILES string of the molecule is Cc1ccc(C(NN)c2cnccc2C(F)(F)F)cc1Cl. The van der Waals surface area contributed by atoms with Crippen molar-refractivity contribution in [2.75, 3.05) is 0 Å². The number of rotatable bonds is 3. The lowest BCUT2D eigenvalue weighted by Crippen LogP contribution is -2.30. The van der Waals surface area contributed by atoms with Gasteiger partial charge in [-0.3, -0.25) is 10.8 Å². The summed E-state index contributed by atoms with van der Waals surface area (Å²) in [5, 5.41) is 0.463. The molecule has 3 nitrogen and oxygen atoms in total. The van der Waals surface area contributed by atoms with Crippen LogP contribution in [0.1, 0.15) is 28.3 Å². The fourth-order valence-electron chi connectivity index (χ4n) is 2.05. The number of nitrogens with zero attached hydrogens (tertiary/aromatic N) is 1. The third-order valence-corrected chi connectivity index (χ3v) is 3.57. The van der Waals surface area contributed by atoms with Gasteiger partial charge in [0.1, 0.15) is 0 Å². The Kier molecular flexibility index (Phi) is 4.51. The van der Waals surface area contributed by atoms with Crippen molar-refractivity contribution < 1.29 is 13.2 Å². The molecule has 1 atom stereocenters. The van der Waals surface area contributed by atoms with E-state index in [1.165, 1.54) is 0 Å². The van der Waals surface area contributed by atoms with Gasteiger partial charge in [0, 0.05) is 23.0 Å². The summed E-state index contributed by atoms with van der Waals surface area (Å²) in [6, 6.07) is 5.07. The molecule has 1 aromatic carbocycles. The minimum atomic E-state index is -4.48. The minimum absolute atomic E-state index is 0.0487. The largest absolute Gasteiger partial charge is 0.416 e. The highest BCUT2D eigenvalue weighted by Crippen LogP contribution is 2.36. The number of aryl methyl sites for hydroxylation is 1. The number of halogens is 4. The molecule has 21 heavy (non-hydrogen) atoms. The Morgan fingerprint density at radius 1 is 1.29 bits per heavy atom. The lowest BCUT2D eigenvalue weighted by molar-refractivity contribution is -0.138. The predicted molar refractivity (Wildman–Crippen MR) is 74.6 cm³/mol. The van der Waals surface area contributed by atoms with Crippen LogP contribution in [0.5, 0.6) is 0 Å². The van der Waals surface area contributed by atoms with Gasteiger partial charge in [0.15, 0.2) is 0 Å². The molecule has 0 saturated heterocycles. The highest BCUT2D eigenvalue weighted by Gasteiger charge is 2.35. The van der Waals surface area contributed by atoms with Crippen LogP contribution in [0, 0.1) is 6.92 Å². The van der Waals surface area contributed by atoms with E-state index >= 15 is 0 Å². The van der Waals surface area contributed by atoms with Gasteiger partial charge in [-0.25, -0.2) is 5.43 Å². The van der Waals surface area contributed by atoms with E-state index in [1.54, 1.807) is 18.2 Å². The maximum Gasteiger partial charge on any atom is 0.416 e. The fourth-order valence-corrected chi connectivity index (χ4v) is 2.24. The summed E-state index contributed by atoms with van der Waals surface area (Å²) in [7, 11) is 0. The molecule has 2 aromatic rings. The number of benzene rings is 1. The maximum absolute atomic E-state index is 13.1. The summed E-state index contributed by atoms with van der Waals surface area (Å²) in [6.07, 6.45) is -2.23. The van der Waals surface area contributed by atoms with E-state index in [1.807, 2.05) is 6.92 Å². The predicted octanol–water partition coefficient (Wildman–Crippen LogP) is 3.61. The Labute approximate surface area is 124 Å². The van der Waals surface area contributed by atoms with Gasteiger partial charge in [-0.15, -0.1) is 0 Å². The summed E-state index contributed by atoms with van der Waals surface area (Å²) in [5.41, 5.74) is 2.93. The van der Waals surface area contributed by atoms with Crippen LogP contribution in [0.2, 0.25) is 5.02 Å². The average molecular weight is 316 g/mol. The lowest BCUT2D eigenvalue weighted by Gasteiger charge is -2.21. The van der Waals surface area contributed by atoms with Gasteiger partial charge in [0.05, 0.1) is 11.6 Å². The van der Waals surface area contributed by atoms with Gasteiger partial charge >= 0.3 is 6.18 Å². The van der Waals surface area contributed by atoms with Crippen LogP contribution in [0.3, 0.4) is 0 Å². The van der Waals surface area contributed by atoms with Crippen molar-refractivity contribution in [1.29, 1.82) is 0 Å². The molecular formula is C14H13ClF3N3. The molecule has 0 aliphatic carbocycles. The van der Waals surface area contributed by atoms with Crippen LogP contribution < -0.4 is 11.3 Å². The first kappa shape index (κ1) is 15.8. The zero-order chi connectivity index (χ0) is 15.6. The van der Waals surface area contributed by atoms with Crippen molar-refractivity contribution in [3.05, 3.63) is 63.9 Å². The van der Waals surface area contributed by atoms with E-state index in [2.05, 4.69) is 10.4 Å². The highest BCUT2D eigenvalue weighted by atomic mass is 35.5. The topological polar surface area (TPSA) is 50.9 Å². The summed E-state index contributed by atoms with van der Waals surface area (Å²) in [6.45, 7) is 1.81. The van der Waals surface area contributed by atoms with Crippen molar-refractivity contribution in [2.45, 2.75) is 19.1 Å². The molecule has 0 amide bonds. The molecule has 0 spiro atoms. The monoisotopic (exact) mass is 315 g/mol. The molecule has 7 heteroatoms. The number of pyridine rings is 1. The number of aromatic nitrogens is 1. The van der Waals surface area contributed by atoms with Crippen LogP contribution >= 0.6 is 11.6 Å². The molecule has 0 saturated carbocycles. The van der Waals surface area contributed by atoms with Crippen LogP contribution in [-0.2, 0) is 6.18 Å². The Balaban J connectivity index is 2.54. The fraction of sp³-hybridized carbons (Fsp3) is 0.214. The first-order valence-corrected chi connectivity index (χ1v) is 6.45. The van der Waals surface area contributed by atoms with Gasteiger partial charge in [-0.05, 0) is 30.2 Å². The standard InChI is InChI=1S/C14H13ClF3N3/c1-8-2-3-9(6-12(8)15)13(21-19)10-7-20-5-4-11(10)14(16,17)18/h2-7,13,21H,19H2,1H3. The zero-order valence-corrected chi connectivity index (χ0v) is 11.8. The van der Waals surface area contributed by atoms with Crippen molar-refractivity contribution in [1.82, 2.24) is 10.4 Å². The number of hydrazine groups is 1. The molecule has 112 valence electrons. The maximum atomic E-state index is 13.1. The van der Waals surface area contributed by atoms with Gasteiger partial charge < -0.3 is 0 Å². The second kappa shape index (κ2) is 6.01. The lowest BCUT2D eigenvalue weighted by atomic mass is 9.95. The molecule has 3 N–H and O–H groups in total. The van der Waals surface area contributed by atoms with E-state index in [4.69, 9.17) is 17.4 Å². The van der Waals surface area contributed by atoms with E-state index in [0.717, 1.165) is 24.0 Å². The minimum Gasteiger partial charge on any atom is -0.271 e. The van der Waals surface area contributed by atoms with E-state index in [9.17, 15) is 13.2 Å². The molecule has 0 fully saturated rings. The van der Waals surface area contributed by atoms with Crippen LogP contribution in [0.15, 0.2) is 36.7 Å². The number of nitrogens with two attached hydrogens (primary N) is 1. The van der Waals surface area contributed by atoms with Gasteiger partial charge in [0.25, 0.3) is 0 Å². The van der Waals surface area contributed by atoms with Gasteiger partial charge in [-0.2, -0.15) is 13.2 Å². The summed E-state index contributed by atoms with van der Waals surface area (Å²) in [4.78, 5) is 3.76. The number of hydrogen-bond acceptors (Lipinski definition) is 3. The van der Waals surface area contributed by atoms with E-state index < -0.39 is 17.8 Å².